The molecule has 3 aromatic rings. The molecular weight excluding hydrogens is 336 g/mol. The number of nitrogens with zero attached hydrogens (tertiary/aromatic N) is 2. The number of Topliss-reactive ketones (excluding diaryl/α,β-unsaturated/α-hetero) is 1. The predicted octanol–water partition coefficient (Wildman–Crippen LogP) is 4.18. The summed E-state index contributed by atoms with van der Waals surface area (Å²) >= 11 is 0. The zero-order valence-electron chi connectivity index (χ0n) is 15.6. The van der Waals surface area contributed by atoms with Gasteiger partial charge in [-0.05, 0) is 31.5 Å². The summed E-state index contributed by atoms with van der Waals surface area (Å²) in [6.45, 7) is 2.00. The first-order valence-corrected chi connectivity index (χ1v) is 9.15. The molecule has 27 heavy (non-hydrogen) atoms. The second kappa shape index (κ2) is 6.54. The number of carbonyl (C=O) groups is 2. The van der Waals surface area contributed by atoms with E-state index in [1.165, 1.54) is 0 Å². The Kier molecular flexibility index (Phi) is 4.19. The van der Waals surface area contributed by atoms with Crippen LogP contribution in [-0.4, -0.2) is 23.3 Å². The lowest BCUT2D eigenvalue weighted by Gasteiger charge is -2.30. The molecule has 0 bridgehead atoms. The number of likely N-dealkylation sites (N-methyl/N-ethyl adjacent to an activating group) is 1. The number of aryl methyl sites for hydroxylation is 1. The molecule has 0 fully saturated rings. The molecule has 0 aliphatic carbocycles. The van der Waals surface area contributed by atoms with Crippen molar-refractivity contribution in [1.82, 2.24) is 4.57 Å². The standard InChI is InChI=1S/C23H22N2O2/c1-17-9-11-18(12-10-17)21(26)13-14-23(25-15-5-6-16-25)19-7-3-4-8-20(19)24(2)22(23)27/h3-12,15-16H,13-14H2,1-2H3/t23-/m1/s1. The maximum Gasteiger partial charge on any atom is 0.257 e. The zero-order chi connectivity index (χ0) is 19.0. The van der Waals surface area contributed by atoms with Gasteiger partial charge in [0.2, 0.25) is 0 Å². The number of para-hydroxylation sites is 1. The van der Waals surface area contributed by atoms with Gasteiger partial charge in [-0.2, -0.15) is 0 Å². The molecule has 1 aromatic heterocycles. The van der Waals surface area contributed by atoms with Crippen molar-refractivity contribution in [2.75, 3.05) is 11.9 Å². The number of anilines is 1. The highest BCUT2D eigenvalue weighted by atomic mass is 16.2. The first-order chi connectivity index (χ1) is 13.0. The van der Waals surface area contributed by atoms with E-state index in [2.05, 4.69) is 0 Å². The van der Waals surface area contributed by atoms with E-state index in [4.69, 9.17) is 0 Å². The molecule has 0 saturated heterocycles. The van der Waals surface area contributed by atoms with E-state index in [1.807, 2.05) is 84.5 Å². The fourth-order valence-corrected chi connectivity index (χ4v) is 4.01. The molecule has 0 N–H and O–H groups in total. The molecule has 1 amide bonds. The van der Waals surface area contributed by atoms with Gasteiger partial charge in [-0.15, -0.1) is 0 Å². The van der Waals surface area contributed by atoms with Crippen LogP contribution in [0.1, 0.15) is 34.3 Å². The van der Waals surface area contributed by atoms with E-state index >= 15 is 0 Å². The largest absolute Gasteiger partial charge is 0.335 e. The second-order valence-electron chi connectivity index (χ2n) is 7.12. The van der Waals surface area contributed by atoms with Crippen molar-refractivity contribution < 1.29 is 9.59 Å². The number of hydrogen-bond donors (Lipinski definition) is 0. The summed E-state index contributed by atoms with van der Waals surface area (Å²) in [7, 11) is 1.80. The molecule has 4 rings (SSSR count). The van der Waals surface area contributed by atoms with Crippen molar-refractivity contribution >= 4 is 17.4 Å². The summed E-state index contributed by atoms with van der Waals surface area (Å²) in [5.41, 5.74) is 2.78. The second-order valence-corrected chi connectivity index (χ2v) is 7.12. The van der Waals surface area contributed by atoms with Crippen LogP contribution in [0.5, 0.6) is 0 Å². The summed E-state index contributed by atoms with van der Waals surface area (Å²) in [6.07, 6.45) is 4.54. The van der Waals surface area contributed by atoms with E-state index in [0.29, 0.717) is 18.4 Å². The van der Waals surface area contributed by atoms with Gasteiger partial charge in [0, 0.05) is 42.7 Å². The van der Waals surface area contributed by atoms with Crippen LogP contribution >= 0.6 is 0 Å². The molecular formula is C23H22N2O2. The van der Waals surface area contributed by atoms with Crippen LogP contribution in [0.4, 0.5) is 5.69 Å². The quantitative estimate of drug-likeness (QED) is 0.642. The Bertz CT molecular complexity index is 989. The van der Waals surface area contributed by atoms with Gasteiger partial charge in [-0.1, -0.05) is 48.0 Å². The van der Waals surface area contributed by atoms with Crippen molar-refractivity contribution in [3.63, 3.8) is 0 Å². The number of fused-ring (bicyclic) bond motifs is 1. The van der Waals surface area contributed by atoms with Crippen molar-refractivity contribution in [3.05, 3.63) is 89.7 Å². The highest BCUT2D eigenvalue weighted by Gasteiger charge is 2.50. The molecule has 1 aliphatic heterocycles. The van der Waals surface area contributed by atoms with Crippen LogP contribution in [0.3, 0.4) is 0 Å². The van der Waals surface area contributed by atoms with E-state index in [1.54, 1.807) is 11.9 Å². The van der Waals surface area contributed by atoms with Crippen LogP contribution in [0.15, 0.2) is 73.1 Å². The van der Waals surface area contributed by atoms with Crippen LogP contribution in [0.25, 0.3) is 0 Å². The number of ketones is 1. The van der Waals surface area contributed by atoms with Crippen molar-refractivity contribution in [2.24, 2.45) is 0 Å². The Labute approximate surface area is 159 Å². The fourth-order valence-electron chi connectivity index (χ4n) is 4.01. The molecule has 1 atom stereocenters. The summed E-state index contributed by atoms with van der Waals surface area (Å²) in [6, 6.07) is 19.3. The average molecular weight is 358 g/mol. The number of carbonyl (C=O) groups excluding carboxylic acids is 2. The van der Waals surface area contributed by atoms with E-state index in [0.717, 1.165) is 16.8 Å². The van der Waals surface area contributed by atoms with Crippen LogP contribution in [-0.2, 0) is 10.3 Å². The Morgan fingerprint density at radius 3 is 2.33 bits per heavy atom. The fraction of sp³-hybridized carbons (Fsp3) is 0.217. The zero-order valence-corrected chi connectivity index (χ0v) is 15.6. The maximum absolute atomic E-state index is 13.4. The summed E-state index contributed by atoms with van der Waals surface area (Å²) in [5.74, 6) is 0.0537. The van der Waals surface area contributed by atoms with Gasteiger partial charge in [0.15, 0.2) is 11.3 Å². The third-order valence-corrected chi connectivity index (χ3v) is 5.50. The van der Waals surface area contributed by atoms with Crippen LogP contribution < -0.4 is 4.90 Å². The molecule has 1 aliphatic rings. The first kappa shape index (κ1) is 17.3. The first-order valence-electron chi connectivity index (χ1n) is 9.15. The Balaban J connectivity index is 1.72. The van der Waals surface area contributed by atoms with Gasteiger partial charge < -0.3 is 9.47 Å². The van der Waals surface area contributed by atoms with Crippen molar-refractivity contribution in [1.29, 1.82) is 0 Å². The lowest BCUT2D eigenvalue weighted by Crippen LogP contribution is -2.44. The van der Waals surface area contributed by atoms with Crippen molar-refractivity contribution in [2.45, 2.75) is 25.3 Å². The molecule has 0 spiro atoms. The maximum atomic E-state index is 13.4. The monoisotopic (exact) mass is 358 g/mol. The molecule has 0 radical (unpaired) electrons. The van der Waals surface area contributed by atoms with Crippen LogP contribution in [0, 0.1) is 6.92 Å². The molecule has 4 nitrogen and oxygen atoms in total. The van der Waals surface area contributed by atoms with E-state index in [9.17, 15) is 9.59 Å². The smallest absolute Gasteiger partial charge is 0.257 e. The summed E-state index contributed by atoms with van der Waals surface area (Å²) in [4.78, 5) is 27.9. The third-order valence-electron chi connectivity index (χ3n) is 5.50. The van der Waals surface area contributed by atoms with E-state index < -0.39 is 5.54 Å². The van der Waals surface area contributed by atoms with Gasteiger partial charge >= 0.3 is 0 Å². The minimum atomic E-state index is -0.880. The minimum absolute atomic E-state index is 0.00314. The highest BCUT2D eigenvalue weighted by Crippen LogP contribution is 2.45. The highest BCUT2D eigenvalue weighted by molar-refractivity contribution is 6.08. The predicted molar refractivity (Wildman–Crippen MR) is 106 cm³/mol. The average Bonchev–Trinajstić information content (AvgIpc) is 3.29. The van der Waals surface area contributed by atoms with Gasteiger partial charge in [-0.25, -0.2) is 0 Å². The molecule has 136 valence electrons. The Morgan fingerprint density at radius 2 is 1.63 bits per heavy atom. The van der Waals surface area contributed by atoms with Gasteiger partial charge in [-0.3, -0.25) is 9.59 Å². The van der Waals surface area contributed by atoms with Crippen LogP contribution in [0.2, 0.25) is 0 Å². The Hall–Kier alpha value is -3.14. The molecule has 0 unspecified atom stereocenters. The molecule has 2 aromatic carbocycles. The van der Waals surface area contributed by atoms with Gasteiger partial charge in [0.05, 0.1) is 0 Å². The summed E-state index contributed by atoms with van der Waals surface area (Å²) < 4.78 is 1.94. The topological polar surface area (TPSA) is 42.3 Å². The minimum Gasteiger partial charge on any atom is -0.335 e. The third kappa shape index (κ3) is 2.69. The number of aromatic nitrogens is 1. The Morgan fingerprint density at radius 1 is 0.963 bits per heavy atom. The lowest BCUT2D eigenvalue weighted by atomic mass is 9.84. The van der Waals surface area contributed by atoms with Crippen molar-refractivity contribution in [3.8, 4) is 0 Å². The number of rotatable bonds is 5. The van der Waals surface area contributed by atoms with Gasteiger partial charge in [0.25, 0.3) is 5.91 Å². The number of hydrogen-bond acceptors (Lipinski definition) is 2. The molecule has 4 heteroatoms. The normalized spacial score (nSPS) is 18.6. The molecule has 0 saturated carbocycles. The SMILES string of the molecule is Cc1ccc(C(=O)CC[C@]2(n3cccc3)C(=O)N(C)c3ccccc32)cc1. The molecule has 2 heterocycles. The number of amides is 1. The van der Waals surface area contributed by atoms with Gasteiger partial charge in [0.1, 0.15) is 0 Å². The lowest BCUT2D eigenvalue weighted by molar-refractivity contribution is -0.124. The van der Waals surface area contributed by atoms with E-state index in [-0.39, 0.29) is 11.7 Å². The number of benzene rings is 2. The summed E-state index contributed by atoms with van der Waals surface area (Å²) in [5, 5.41) is 0.